The molecule has 2 heterocycles. The van der Waals surface area contributed by atoms with E-state index < -0.39 is 11.7 Å². The van der Waals surface area contributed by atoms with Crippen LogP contribution in [0.5, 0.6) is 5.75 Å². The first-order chi connectivity index (χ1) is 13.3. The lowest BCUT2D eigenvalue weighted by Gasteiger charge is -2.31. The Balaban J connectivity index is 1.69. The molecule has 5 nitrogen and oxygen atoms in total. The van der Waals surface area contributed by atoms with Crippen LogP contribution in [0.15, 0.2) is 36.5 Å². The molecule has 3 rings (SSSR count). The number of hydrogen-bond donors (Lipinski definition) is 0. The minimum Gasteiger partial charge on any atom is -0.493 e. The highest BCUT2D eigenvalue weighted by molar-refractivity contribution is 6.32. The topological polar surface area (TPSA) is 46.9 Å². The fourth-order valence-corrected chi connectivity index (χ4v) is 3.39. The molecule has 1 aromatic carbocycles. The van der Waals surface area contributed by atoms with Gasteiger partial charge in [0.1, 0.15) is 30.1 Å². The zero-order valence-corrected chi connectivity index (χ0v) is 16.0. The largest absolute Gasteiger partial charge is 0.493 e. The van der Waals surface area contributed by atoms with Crippen LogP contribution in [-0.2, 0) is 6.18 Å². The number of hydrogen-bond acceptors (Lipinski definition) is 3. The third-order valence-electron chi connectivity index (χ3n) is 4.50. The van der Waals surface area contributed by atoms with Gasteiger partial charge in [0, 0.05) is 0 Å². The smallest absolute Gasteiger partial charge is 0.419 e. The number of anilines is 1. The van der Waals surface area contributed by atoms with Crippen molar-refractivity contribution in [2.75, 3.05) is 37.7 Å². The summed E-state index contributed by atoms with van der Waals surface area (Å²) in [5.74, 6) is 0.819. The summed E-state index contributed by atoms with van der Waals surface area (Å²) in [4.78, 5) is 19.0. The Hall–Kier alpha value is -2.48. The lowest BCUT2D eigenvalue weighted by molar-refractivity contribution is -0.367. The molecule has 2 aromatic rings. The number of carbonyl (C=O) groups excluding carboxylic acids is 1. The first-order valence-corrected chi connectivity index (χ1v) is 9.23. The summed E-state index contributed by atoms with van der Waals surface area (Å²) < 4.78 is 43.9. The van der Waals surface area contributed by atoms with E-state index in [1.54, 1.807) is 23.1 Å². The first kappa shape index (κ1) is 20.3. The van der Waals surface area contributed by atoms with Crippen LogP contribution in [-0.4, -0.2) is 43.6 Å². The predicted octanol–water partition coefficient (Wildman–Crippen LogP) is 3.53. The Morgan fingerprint density at radius 3 is 2.50 bits per heavy atom. The first-order valence-electron chi connectivity index (χ1n) is 8.85. The van der Waals surface area contributed by atoms with Crippen LogP contribution < -0.4 is 14.6 Å². The predicted molar refractivity (Wildman–Crippen MR) is 98.7 cm³/mol. The number of aromatic amines is 1. The number of ether oxygens (including phenoxy) is 1. The molecule has 1 saturated heterocycles. The molecule has 1 aliphatic rings. The maximum atomic E-state index is 12.8. The minimum atomic E-state index is -4.46. The van der Waals surface area contributed by atoms with Gasteiger partial charge in [-0.05, 0) is 25.1 Å². The van der Waals surface area contributed by atoms with Gasteiger partial charge in [-0.1, -0.05) is 23.7 Å². The standard InChI is InChI=1S/C19H19ClF3N3O2/c1-2-28-16-6-4-3-5-14(16)18(27)26-9-7-25(8-10-26)17-15(20)11-13(12-24-17)19(21,22)23/h3-6,11-12H,2,7-10H2,1H3/p+1. The van der Waals surface area contributed by atoms with Crippen LogP contribution in [0.25, 0.3) is 0 Å². The number of aromatic nitrogens is 1. The number of pyridine rings is 1. The Bertz CT molecular complexity index is 853. The highest BCUT2D eigenvalue weighted by atomic mass is 35.5. The maximum absolute atomic E-state index is 12.8. The zero-order chi connectivity index (χ0) is 20.3. The number of rotatable bonds is 4. The maximum Gasteiger partial charge on any atom is 0.419 e. The number of amides is 1. The molecule has 1 amide bonds. The van der Waals surface area contributed by atoms with E-state index in [-0.39, 0.29) is 10.9 Å². The molecular formula is C19H20ClF3N3O2+. The molecule has 0 unspecified atom stereocenters. The van der Waals surface area contributed by atoms with Gasteiger partial charge in [-0.15, -0.1) is 0 Å². The van der Waals surface area contributed by atoms with E-state index in [0.29, 0.717) is 49.9 Å². The van der Waals surface area contributed by atoms with E-state index in [2.05, 4.69) is 4.98 Å². The molecule has 28 heavy (non-hydrogen) atoms. The number of carbonyl (C=O) groups is 1. The Morgan fingerprint density at radius 1 is 1.21 bits per heavy atom. The van der Waals surface area contributed by atoms with Crippen LogP contribution in [0, 0.1) is 0 Å². The summed E-state index contributed by atoms with van der Waals surface area (Å²) in [6.45, 7) is 4.05. The Labute approximate surface area is 165 Å². The second kappa shape index (κ2) is 8.26. The molecular weight excluding hydrogens is 395 g/mol. The van der Waals surface area contributed by atoms with E-state index in [0.717, 1.165) is 12.3 Å². The van der Waals surface area contributed by atoms with Crippen molar-refractivity contribution in [3.8, 4) is 5.75 Å². The van der Waals surface area contributed by atoms with Crippen LogP contribution in [0.2, 0.25) is 5.02 Å². The highest BCUT2D eigenvalue weighted by Gasteiger charge is 2.35. The number of halogens is 4. The highest BCUT2D eigenvalue weighted by Crippen LogP contribution is 2.32. The Kier molecular flexibility index (Phi) is 5.98. The minimum absolute atomic E-state index is 0.00343. The van der Waals surface area contributed by atoms with Crippen LogP contribution in [0.3, 0.4) is 0 Å². The summed E-state index contributed by atoms with van der Waals surface area (Å²) in [6.07, 6.45) is -3.56. The molecule has 1 fully saturated rings. The number of nitrogens with one attached hydrogen (secondary N) is 1. The quantitative estimate of drug-likeness (QED) is 0.769. The molecule has 0 saturated carbocycles. The molecule has 1 N–H and O–H groups in total. The fourth-order valence-electron chi connectivity index (χ4n) is 3.10. The van der Waals surface area contributed by atoms with Crippen molar-refractivity contribution < 1.29 is 27.7 Å². The van der Waals surface area contributed by atoms with Gasteiger partial charge in [-0.25, -0.2) is 4.98 Å². The lowest BCUT2D eigenvalue weighted by Crippen LogP contribution is -2.50. The van der Waals surface area contributed by atoms with Crippen molar-refractivity contribution in [1.29, 1.82) is 0 Å². The monoisotopic (exact) mass is 414 g/mol. The molecule has 150 valence electrons. The summed E-state index contributed by atoms with van der Waals surface area (Å²) in [6, 6.07) is 7.97. The summed E-state index contributed by atoms with van der Waals surface area (Å²) >= 11 is 6.05. The van der Waals surface area contributed by atoms with Gasteiger partial charge in [-0.2, -0.15) is 13.2 Å². The summed E-state index contributed by atoms with van der Waals surface area (Å²) in [5.41, 5.74) is -0.334. The van der Waals surface area contributed by atoms with E-state index in [4.69, 9.17) is 16.3 Å². The summed E-state index contributed by atoms with van der Waals surface area (Å²) in [7, 11) is 0. The van der Waals surface area contributed by atoms with Gasteiger partial charge in [-0.3, -0.25) is 9.69 Å². The second-order valence-electron chi connectivity index (χ2n) is 6.29. The molecule has 1 aromatic heterocycles. The number of H-pyrrole nitrogens is 1. The molecule has 1 aliphatic heterocycles. The number of piperazine rings is 1. The van der Waals surface area contributed by atoms with Crippen LogP contribution in [0.4, 0.5) is 19.0 Å². The zero-order valence-electron chi connectivity index (χ0n) is 15.2. The molecule has 0 aliphatic carbocycles. The van der Waals surface area contributed by atoms with E-state index in [9.17, 15) is 18.0 Å². The molecule has 9 heteroatoms. The van der Waals surface area contributed by atoms with E-state index >= 15 is 0 Å². The average molecular weight is 415 g/mol. The van der Waals surface area contributed by atoms with Crippen molar-refractivity contribution in [3.63, 3.8) is 0 Å². The van der Waals surface area contributed by atoms with Gasteiger partial charge in [0.05, 0.1) is 30.8 Å². The van der Waals surface area contributed by atoms with Gasteiger partial charge >= 0.3 is 6.18 Å². The lowest BCUT2D eigenvalue weighted by atomic mass is 10.1. The Morgan fingerprint density at radius 2 is 1.89 bits per heavy atom. The number of alkyl halides is 3. The van der Waals surface area contributed by atoms with Gasteiger partial charge in [0.2, 0.25) is 0 Å². The second-order valence-corrected chi connectivity index (χ2v) is 6.70. The summed E-state index contributed by atoms with van der Waals surface area (Å²) in [5, 5.41) is -0.00343. The normalized spacial score (nSPS) is 14.9. The van der Waals surface area contributed by atoms with E-state index in [1.807, 2.05) is 17.9 Å². The van der Waals surface area contributed by atoms with E-state index in [1.165, 1.54) is 0 Å². The molecule has 0 radical (unpaired) electrons. The van der Waals surface area contributed by atoms with Gasteiger partial charge in [0.25, 0.3) is 11.7 Å². The number of benzene rings is 1. The fraction of sp³-hybridized carbons (Fsp3) is 0.368. The van der Waals surface area contributed by atoms with Crippen molar-refractivity contribution in [2.45, 2.75) is 13.1 Å². The molecule has 0 spiro atoms. The van der Waals surface area contributed by atoms with Crippen LogP contribution >= 0.6 is 11.6 Å². The van der Waals surface area contributed by atoms with Crippen molar-refractivity contribution >= 4 is 23.3 Å². The average Bonchev–Trinajstić information content (AvgIpc) is 2.67. The van der Waals surface area contributed by atoms with Crippen molar-refractivity contribution in [3.05, 3.63) is 52.7 Å². The van der Waals surface area contributed by atoms with Gasteiger partial charge < -0.3 is 9.64 Å². The third kappa shape index (κ3) is 4.32. The van der Waals surface area contributed by atoms with Gasteiger partial charge in [0.15, 0.2) is 0 Å². The van der Waals surface area contributed by atoms with Crippen LogP contribution in [0.1, 0.15) is 22.8 Å². The SMILES string of the molecule is CCOc1ccccc1C(=O)N1CCN(c2[nH+]cc(C(F)(F)F)cc2Cl)CC1. The van der Waals surface area contributed by atoms with Crippen molar-refractivity contribution in [1.82, 2.24) is 4.90 Å². The number of nitrogens with zero attached hydrogens (tertiary/aromatic N) is 2. The molecule has 0 atom stereocenters. The molecule has 0 bridgehead atoms. The third-order valence-corrected chi connectivity index (χ3v) is 4.79. The number of para-hydroxylation sites is 1. The van der Waals surface area contributed by atoms with Crippen molar-refractivity contribution in [2.24, 2.45) is 0 Å².